The van der Waals surface area contributed by atoms with Gasteiger partial charge in [-0.2, -0.15) is 0 Å². The Morgan fingerprint density at radius 3 is 2.16 bits per heavy atom. The number of benzene rings is 2. The van der Waals surface area contributed by atoms with Gasteiger partial charge in [0.1, 0.15) is 18.1 Å². The third-order valence-electron chi connectivity index (χ3n) is 8.14. The molecule has 0 bridgehead atoms. The molecule has 2 N–H and O–H groups in total. The summed E-state index contributed by atoms with van der Waals surface area (Å²) >= 11 is 0. The molecular formula is C36H45N3O10. The minimum Gasteiger partial charge on any atom is -0.486 e. The number of aliphatic carboxylic acids is 1. The molecule has 2 heterocycles. The molecule has 49 heavy (non-hydrogen) atoms. The molecule has 2 aromatic carbocycles. The Balaban J connectivity index is 1.46. The number of hydrogen-bond acceptors (Lipinski definition) is 11. The Morgan fingerprint density at radius 2 is 1.59 bits per heavy atom. The fourth-order valence-electron chi connectivity index (χ4n) is 5.62. The molecule has 0 radical (unpaired) electrons. The molecule has 0 aliphatic carbocycles. The Hall–Kier alpha value is -4.78. The number of carboxylic acids is 1. The largest absolute Gasteiger partial charge is 0.486 e. The van der Waals surface area contributed by atoms with Crippen LogP contribution in [-0.4, -0.2) is 82.3 Å². The molecule has 13 nitrogen and oxygen atoms in total. The van der Waals surface area contributed by atoms with Gasteiger partial charge in [-0.3, -0.25) is 24.1 Å². The minimum atomic E-state index is -1.10. The van der Waals surface area contributed by atoms with Gasteiger partial charge >= 0.3 is 11.9 Å². The number of nitrogens with zero attached hydrogens (tertiary/aromatic N) is 2. The fourth-order valence-corrected chi connectivity index (χ4v) is 5.62. The predicted octanol–water partition coefficient (Wildman–Crippen LogP) is 4.70. The molecule has 1 fully saturated rings. The third-order valence-corrected chi connectivity index (χ3v) is 8.14. The van der Waals surface area contributed by atoms with E-state index in [0.29, 0.717) is 36.5 Å². The number of ketones is 2. The van der Waals surface area contributed by atoms with E-state index in [1.165, 1.54) is 12.1 Å². The first kappa shape index (κ1) is 37.0. The summed E-state index contributed by atoms with van der Waals surface area (Å²) in [6, 6.07) is 8.82. The number of amides is 1. The number of carboxylic acid groups (broad SMARTS) is 1. The molecule has 1 aliphatic heterocycles. The summed E-state index contributed by atoms with van der Waals surface area (Å²) in [4.78, 5) is 70.6. The van der Waals surface area contributed by atoms with Crippen LogP contribution in [0, 0.1) is 17.3 Å². The number of carbonyl (C=O) groups excluding carboxylic acids is 4. The smallest absolute Gasteiger partial charge is 0.341 e. The van der Waals surface area contributed by atoms with Gasteiger partial charge < -0.3 is 29.1 Å². The first-order chi connectivity index (χ1) is 23.1. The molecule has 3 atom stereocenters. The van der Waals surface area contributed by atoms with Crippen molar-refractivity contribution in [2.75, 3.05) is 19.8 Å². The van der Waals surface area contributed by atoms with Gasteiger partial charge in [0.25, 0.3) is 5.89 Å². The van der Waals surface area contributed by atoms with Gasteiger partial charge in [0.05, 0.1) is 23.5 Å². The van der Waals surface area contributed by atoms with Crippen LogP contribution in [0.3, 0.4) is 0 Å². The number of hydrogen-bond donors (Lipinski definition) is 2. The predicted molar refractivity (Wildman–Crippen MR) is 179 cm³/mol. The van der Waals surface area contributed by atoms with Crippen LogP contribution in [0.2, 0.25) is 0 Å². The number of nitrogens with one attached hydrogen (secondary N) is 1. The summed E-state index contributed by atoms with van der Waals surface area (Å²) in [7, 11) is 0. The Morgan fingerprint density at radius 1 is 0.959 bits per heavy atom. The van der Waals surface area contributed by atoms with Crippen molar-refractivity contribution in [2.24, 2.45) is 17.3 Å². The van der Waals surface area contributed by atoms with Crippen LogP contribution in [0.5, 0.6) is 17.2 Å². The zero-order valence-corrected chi connectivity index (χ0v) is 29.0. The Kier molecular flexibility index (Phi) is 11.8. The average molecular weight is 680 g/mol. The lowest BCUT2D eigenvalue weighted by Gasteiger charge is -2.34. The van der Waals surface area contributed by atoms with Crippen molar-refractivity contribution in [1.29, 1.82) is 0 Å². The number of fused-ring (bicyclic) bond motifs is 1. The van der Waals surface area contributed by atoms with Crippen molar-refractivity contribution in [1.82, 2.24) is 15.2 Å². The van der Waals surface area contributed by atoms with E-state index in [2.05, 4.69) is 10.3 Å². The minimum absolute atomic E-state index is 0.145. The van der Waals surface area contributed by atoms with Crippen LogP contribution < -0.4 is 19.5 Å². The number of ether oxygens (including phenoxy) is 3. The maximum atomic E-state index is 14.0. The fraction of sp³-hybridized carbons (Fsp3) is 0.500. The van der Waals surface area contributed by atoms with Crippen molar-refractivity contribution >= 4 is 40.5 Å². The lowest BCUT2D eigenvalue weighted by Crippen LogP contribution is -2.56. The number of oxazole rings is 1. The van der Waals surface area contributed by atoms with Crippen LogP contribution in [0.25, 0.3) is 11.1 Å². The van der Waals surface area contributed by atoms with Gasteiger partial charge in [-0.15, -0.1) is 0 Å². The SMILES string of the molecule is CC(C)[C@H](NC(=O)[C@@H]1CCCN1[C@H](C(=O)c1nc2c(OC(=O)C(C)(C)C)cccc2o1)C(C)C)C(=O)COc1ccc(OCC(=O)O)cc1. The lowest BCUT2D eigenvalue weighted by molar-refractivity contribution is -0.143. The highest BCUT2D eigenvalue weighted by atomic mass is 16.5. The number of esters is 1. The molecule has 1 aromatic heterocycles. The topological polar surface area (TPSA) is 175 Å². The molecule has 0 saturated carbocycles. The van der Waals surface area contributed by atoms with Gasteiger partial charge in [0, 0.05) is 0 Å². The van der Waals surface area contributed by atoms with Crippen LogP contribution in [0.1, 0.15) is 72.0 Å². The van der Waals surface area contributed by atoms with Gasteiger partial charge in [0.2, 0.25) is 11.7 Å². The van der Waals surface area contributed by atoms with Gasteiger partial charge in [-0.25, -0.2) is 9.78 Å². The second-order valence-corrected chi connectivity index (χ2v) is 13.8. The van der Waals surface area contributed by atoms with Crippen molar-refractivity contribution in [3.05, 3.63) is 48.4 Å². The summed E-state index contributed by atoms with van der Waals surface area (Å²) in [6.07, 6.45) is 1.17. The van der Waals surface area contributed by atoms with E-state index in [4.69, 9.17) is 23.7 Å². The number of rotatable bonds is 15. The van der Waals surface area contributed by atoms with E-state index in [1.807, 2.05) is 32.6 Å². The monoisotopic (exact) mass is 679 g/mol. The number of carbonyl (C=O) groups is 5. The standard InChI is InChI=1S/C36H45N3O10/c1-20(2)29(25(40)18-46-22-13-15-23(16-14-22)47-19-28(41)42)37-33(44)24-10-9-17-39(24)31(21(3)4)32(43)34-38-30-26(48-34)11-8-12-27(30)49-35(45)36(5,6)7/h8,11-16,20-21,24,29,31H,9-10,17-19H2,1-7H3,(H,37,44)(H,41,42)/t24-,29-,31-/m0/s1. The highest BCUT2D eigenvalue weighted by Gasteiger charge is 2.42. The summed E-state index contributed by atoms with van der Waals surface area (Å²) in [5.41, 5.74) is -0.202. The highest BCUT2D eigenvalue weighted by Crippen LogP contribution is 2.31. The van der Waals surface area contributed by atoms with Crippen LogP contribution in [-0.2, 0) is 19.2 Å². The maximum Gasteiger partial charge on any atom is 0.341 e. The van der Waals surface area contributed by atoms with Crippen molar-refractivity contribution in [3.63, 3.8) is 0 Å². The first-order valence-corrected chi connectivity index (χ1v) is 16.4. The van der Waals surface area contributed by atoms with Crippen molar-refractivity contribution in [2.45, 2.75) is 79.4 Å². The number of likely N-dealkylation sites (tertiary alicyclic amines) is 1. The van der Waals surface area contributed by atoms with E-state index in [0.717, 1.165) is 0 Å². The van der Waals surface area contributed by atoms with E-state index in [-0.39, 0.29) is 47.3 Å². The quantitative estimate of drug-likeness (QED) is 0.129. The Labute approximate surface area is 285 Å². The maximum absolute atomic E-state index is 14.0. The van der Waals surface area contributed by atoms with E-state index in [9.17, 15) is 24.0 Å². The molecule has 1 saturated heterocycles. The molecule has 1 amide bonds. The molecule has 0 spiro atoms. The van der Waals surface area contributed by atoms with E-state index < -0.39 is 47.9 Å². The van der Waals surface area contributed by atoms with Gasteiger partial charge in [0.15, 0.2) is 29.2 Å². The third kappa shape index (κ3) is 9.23. The summed E-state index contributed by atoms with van der Waals surface area (Å²) in [6.45, 7) is 12.3. The van der Waals surface area contributed by atoms with Gasteiger partial charge in [-0.05, 0) is 88.4 Å². The Bertz CT molecular complexity index is 1670. The van der Waals surface area contributed by atoms with Crippen LogP contribution in [0.4, 0.5) is 0 Å². The highest BCUT2D eigenvalue weighted by molar-refractivity contribution is 6.00. The normalized spacial score (nSPS) is 16.4. The van der Waals surface area contributed by atoms with Crippen LogP contribution >= 0.6 is 0 Å². The molecule has 264 valence electrons. The molecule has 13 heteroatoms. The lowest BCUT2D eigenvalue weighted by atomic mass is 9.96. The average Bonchev–Trinajstić information content (AvgIpc) is 3.69. The van der Waals surface area contributed by atoms with Crippen molar-refractivity contribution < 1.29 is 47.7 Å². The summed E-state index contributed by atoms with van der Waals surface area (Å²) in [5.74, 6) is -2.34. The molecule has 4 rings (SSSR count). The molecular weight excluding hydrogens is 634 g/mol. The zero-order valence-electron chi connectivity index (χ0n) is 29.0. The second-order valence-electron chi connectivity index (χ2n) is 13.8. The zero-order chi connectivity index (χ0) is 36.0. The number of aromatic nitrogens is 1. The first-order valence-electron chi connectivity index (χ1n) is 16.4. The summed E-state index contributed by atoms with van der Waals surface area (Å²) in [5, 5.41) is 11.7. The number of Topliss-reactive ketones (excluding diaryl/α,β-unsaturated/α-hetero) is 2. The van der Waals surface area contributed by atoms with Crippen molar-refractivity contribution in [3.8, 4) is 17.2 Å². The van der Waals surface area contributed by atoms with Gasteiger partial charge in [-0.1, -0.05) is 33.8 Å². The summed E-state index contributed by atoms with van der Waals surface area (Å²) < 4.78 is 22.2. The second kappa shape index (κ2) is 15.6. The molecule has 3 aromatic rings. The van der Waals surface area contributed by atoms with Crippen LogP contribution in [0.15, 0.2) is 46.9 Å². The number of para-hydroxylation sites is 1. The molecule has 1 aliphatic rings. The van der Waals surface area contributed by atoms with E-state index in [1.54, 1.807) is 51.1 Å². The van der Waals surface area contributed by atoms with E-state index >= 15 is 0 Å². The molecule has 0 unspecified atom stereocenters.